The van der Waals surface area contributed by atoms with Crippen LogP contribution in [0.1, 0.15) is 32.6 Å². The zero-order valence-electron chi connectivity index (χ0n) is 15.3. The molecule has 1 saturated heterocycles. The van der Waals surface area contributed by atoms with Gasteiger partial charge in [0.1, 0.15) is 6.04 Å². The van der Waals surface area contributed by atoms with E-state index in [1.807, 2.05) is 0 Å². The largest absolute Gasteiger partial charge is 0.301 e. The second kappa shape index (κ2) is 8.62. The maximum Gasteiger partial charge on any atom is 0.244 e. The average molecular weight is 430 g/mol. The fourth-order valence-corrected chi connectivity index (χ4v) is 5.65. The summed E-state index contributed by atoms with van der Waals surface area (Å²) in [6, 6.07) is 2.69. The zero-order chi connectivity index (χ0) is 20.3. The van der Waals surface area contributed by atoms with Gasteiger partial charge >= 0.3 is 0 Å². The number of benzene rings is 1. The Morgan fingerprint density at radius 3 is 2.82 bits per heavy atom. The molecule has 1 aromatic carbocycles. The number of carbonyl (C=O) groups is 1. The van der Waals surface area contributed by atoms with Crippen LogP contribution in [-0.2, 0) is 14.8 Å². The summed E-state index contributed by atoms with van der Waals surface area (Å²) in [4.78, 5) is 17.0. The van der Waals surface area contributed by atoms with Gasteiger partial charge in [0.2, 0.25) is 15.9 Å². The number of nitrogens with one attached hydrogen (secondary N) is 1. The molecule has 1 aliphatic rings. The van der Waals surface area contributed by atoms with Gasteiger partial charge in [-0.2, -0.15) is 4.31 Å². The third-order valence-corrected chi connectivity index (χ3v) is 7.36. The van der Waals surface area contributed by atoms with E-state index >= 15 is 0 Å². The SMILES string of the molecule is CCCS(=O)(=O)N1CCCCC1C(=O)Nc1nc(-c2ccc(F)c(F)c2)cs1. The third-order valence-electron chi connectivity index (χ3n) is 4.53. The summed E-state index contributed by atoms with van der Waals surface area (Å²) < 4.78 is 52.7. The number of thiazole rings is 1. The fourth-order valence-electron chi connectivity index (χ4n) is 3.18. The van der Waals surface area contributed by atoms with Crippen LogP contribution in [-0.4, -0.2) is 42.0 Å². The fraction of sp³-hybridized carbons (Fsp3) is 0.444. The van der Waals surface area contributed by atoms with Gasteiger partial charge in [-0.05, 0) is 37.5 Å². The first-order valence-corrected chi connectivity index (χ1v) is 11.5. The lowest BCUT2D eigenvalue weighted by atomic mass is 10.0. The predicted octanol–water partition coefficient (Wildman–Crippen LogP) is 3.62. The molecule has 10 heteroatoms. The van der Waals surface area contributed by atoms with Gasteiger partial charge in [0, 0.05) is 17.5 Å². The Labute approximate surface area is 166 Å². The van der Waals surface area contributed by atoms with Crippen LogP contribution in [0.2, 0.25) is 0 Å². The number of rotatable bonds is 6. The monoisotopic (exact) mass is 429 g/mol. The molecule has 0 aliphatic carbocycles. The van der Waals surface area contributed by atoms with E-state index in [-0.39, 0.29) is 10.9 Å². The minimum atomic E-state index is -3.49. The Morgan fingerprint density at radius 2 is 2.11 bits per heavy atom. The highest BCUT2D eigenvalue weighted by Crippen LogP contribution is 2.28. The normalized spacial score (nSPS) is 18.2. The molecule has 1 fully saturated rings. The van der Waals surface area contributed by atoms with Gasteiger partial charge in [-0.25, -0.2) is 22.2 Å². The van der Waals surface area contributed by atoms with E-state index in [9.17, 15) is 22.0 Å². The van der Waals surface area contributed by atoms with Crippen LogP contribution in [0.3, 0.4) is 0 Å². The smallest absolute Gasteiger partial charge is 0.244 e. The van der Waals surface area contributed by atoms with Gasteiger partial charge in [0.05, 0.1) is 11.4 Å². The second-order valence-electron chi connectivity index (χ2n) is 6.59. The van der Waals surface area contributed by atoms with Gasteiger partial charge in [-0.1, -0.05) is 13.3 Å². The molecular weight excluding hydrogens is 408 g/mol. The van der Waals surface area contributed by atoms with Crippen LogP contribution < -0.4 is 5.32 Å². The van der Waals surface area contributed by atoms with Gasteiger partial charge in [0.25, 0.3) is 0 Å². The number of sulfonamides is 1. The summed E-state index contributed by atoms with van der Waals surface area (Å²) in [5.74, 6) is -2.34. The first-order chi connectivity index (χ1) is 13.3. The average Bonchev–Trinajstić information content (AvgIpc) is 3.12. The van der Waals surface area contributed by atoms with Crippen LogP contribution in [0, 0.1) is 11.6 Å². The van der Waals surface area contributed by atoms with Crippen molar-refractivity contribution in [3.05, 3.63) is 35.2 Å². The molecule has 1 amide bonds. The van der Waals surface area contributed by atoms with Crippen LogP contribution in [0.15, 0.2) is 23.6 Å². The Balaban J connectivity index is 1.75. The minimum absolute atomic E-state index is 0.00825. The summed E-state index contributed by atoms with van der Waals surface area (Å²) in [6.45, 7) is 2.12. The summed E-state index contributed by atoms with van der Waals surface area (Å²) in [6.07, 6.45) is 2.44. The van der Waals surface area contributed by atoms with Crippen LogP contribution in [0.25, 0.3) is 11.3 Å². The summed E-state index contributed by atoms with van der Waals surface area (Å²) in [5.41, 5.74) is 0.791. The zero-order valence-corrected chi connectivity index (χ0v) is 17.0. The molecule has 1 N–H and O–H groups in total. The van der Waals surface area contributed by atoms with Crippen molar-refractivity contribution in [2.75, 3.05) is 17.6 Å². The highest BCUT2D eigenvalue weighted by molar-refractivity contribution is 7.89. The molecule has 1 atom stereocenters. The Hall–Kier alpha value is -1.91. The number of carbonyl (C=O) groups excluding carboxylic acids is 1. The van der Waals surface area contributed by atoms with E-state index in [2.05, 4.69) is 10.3 Å². The van der Waals surface area contributed by atoms with Gasteiger partial charge in [-0.3, -0.25) is 4.79 Å². The number of anilines is 1. The number of hydrogen-bond acceptors (Lipinski definition) is 5. The molecule has 1 aromatic heterocycles. The van der Waals surface area contributed by atoms with Crippen molar-refractivity contribution in [1.29, 1.82) is 0 Å². The lowest BCUT2D eigenvalue weighted by Gasteiger charge is -2.33. The first-order valence-electron chi connectivity index (χ1n) is 9.03. The van der Waals surface area contributed by atoms with Crippen molar-refractivity contribution in [3.63, 3.8) is 0 Å². The van der Waals surface area contributed by atoms with Crippen LogP contribution in [0.4, 0.5) is 13.9 Å². The van der Waals surface area contributed by atoms with E-state index in [0.717, 1.165) is 36.3 Å². The minimum Gasteiger partial charge on any atom is -0.301 e. The van der Waals surface area contributed by atoms with Crippen molar-refractivity contribution in [2.24, 2.45) is 0 Å². The number of halogens is 2. The molecule has 0 radical (unpaired) electrons. The molecule has 1 unspecified atom stereocenters. The highest BCUT2D eigenvalue weighted by Gasteiger charge is 2.36. The summed E-state index contributed by atoms with van der Waals surface area (Å²) in [7, 11) is -3.49. The molecule has 28 heavy (non-hydrogen) atoms. The number of nitrogens with zero attached hydrogens (tertiary/aromatic N) is 2. The van der Waals surface area contributed by atoms with E-state index < -0.39 is 33.6 Å². The van der Waals surface area contributed by atoms with E-state index in [1.54, 1.807) is 12.3 Å². The lowest BCUT2D eigenvalue weighted by Crippen LogP contribution is -2.50. The quantitative estimate of drug-likeness (QED) is 0.761. The number of hydrogen-bond donors (Lipinski definition) is 1. The van der Waals surface area contributed by atoms with Crippen molar-refractivity contribution in [2.45, 2.75) is 38.6 Å². The van der Waals surface area contributed by atoms with E-state index in [1.165, 1.54) is 10.4 Å². The van der Waals surface area contributed by atoms with Crippen molar-refractivity contribution in [3.8, 4) is 11.3 Å². The number of amides is 1. The molecule has 0 saturated carbocycles. The number of aromatic nitrogens is 1. The summed E-state index contributed by atoms with van der Waals surface area (Å²) in [5, 5.41) is 4.57. The Bertz CT molecular complexity index is 963. The Kier molecular flexibility index (Phi) is 6.41. The molecule has 6 nitrogen and oxygen atoms in total. The molecular formula is C18H21F2N3O3S2. The van der Waals surface area contributed by atoms with E-state index in [4.69, 9.17) is 0 Å². The second-order valence-corrected chi connectivity index (χ2v) is 9.49. The molecule has 1 aliphatic heterocycles. The van der Waals surface area contributed by atoms with E-state index in [0.29, 0.717) is 30.6 Å². The maximum absolute atomic E-state index is 13.4. The van der Waals surface area contributed by atoms with Crippen molar-refractivity contribution in [1.82, 2.24) is 9.29 Å². The van der Waals surface area contributed by atoms with Crippen LogP contribution >= 0.6 is 11.3 Å². The standard InChI is InChI=1S/C18H21F2N3O3S2/c1-2-9-28(25,26)23-8-4-3-5-16(23)17(24)22-18-21-15(11-27-18)12-6-7-13(19)14(20)10-12/h6-7,10-11,16H,2-5,8-9H2,1H3,(H,21,22,24). The van der Waals surface area contributed by atoms with Crippen molar-refractivity contribution < 1.29 is 22.0 Å². The molecule has 152 valence electrons. The molecule has 2 heterocycles. The molecule has 2 aromatic rings. The van der Waals surface area contributed by atoms with Crippen LogP contribution in [0.5, 0.6) is 0 Å². The maximum atomic E-state index is 13.4. The van der Waals surface area contributed by atoms with Gasteiger partial charge in [-0.15, -0.1) is 11.3 Å². The highest BCUT2D eigenvalue weighted by atomic mass is 32.2. The third kappa shape index (κ3) is 4.56. The molecule has 0 spiro atoms. The van der Waals surface area contributed by atoms with Gasteiger partial charge < -0.3 is 5.32 Å². The number of piperidine rings is 1. The lowest BCUT2D eigenvalue weighted by molar-refractivity contribution is -0.120. The summed E-state index contributed by atoms with van der Waals surface area (Å²) >= 11 is 1.14. The van der Waals surface area contributed by atoms with Gasteiger partial charge in [0.15, 0.2) is 16.8 Å². The topological polar surface area (TPSA) is 79.4 Å². The van der Waals surface area contributed by atoms with Crippen molar-refractivity contribution >= 4 is 32.4 Å². The first kappa shape index (κ1) is 20.8. The predicted molar refractivity (Wildman–Crippen MR) is 105 cm³/mol. The molecule has 0 bridgehead atoms. The Morgan fingerprint density at radius 1 is 1.32 bits per heavy atom. The molecule has 3 rings (SSSR count).